The third-order valence-electron chi connectivity index (χ3n) is 2.51. The van der Waals surface area contributed by atoms with Gasteiger partial charge in [0.05, 0.1) is 0 Å². The van der Waals surface area contributed by atoms with Gasteiger partial charge in [0, 0.05) is 26.1 Å². The quantitative estimate of drug-likeness (QED) is 0.692. The molecule has 0 bridgehead atoms. The number of amides is 1. The fourth-order valence-corrected chi connectivity index (χ4v) is 1.25. The van der Waals surface area contributed by atoms with Gasteiger partial charge < -0.3 is 10.6 Å². The summed E-state index contributed by atoms with van der Waals surface area (Å²) >= 11 is 0. The zero-order valence-electron chi connectivity index (χ0n) is 8.62. The number of carbonyl (C=O) groups excluding carboxylic acids is 1. The molecule has 1 aliphatic rings. The molecule has 0 heterocycles. The Morgan fingerprint density at radius 2 is 2.23 bits per heavy atom. The van der Waals surface area contributed by atoms with Crippen molar-refractivity contribution < 1.29 is 4.79 Å². The van der Waals surface area contributed by atoms with Gasteiger partial charge in [-0.25, -0.2) is 0 Å². The standard InChI is InChI=1S/C10H20N2O/c1-8(11)5-6-12(2)10(13)7-9-3-4-9/h8-9H,3-7,11H2,1-2H3. The van der Waals surface area contributed by atoms with Gasteiger partial charge in [-0.05, 0) is 32.1 Å². The number of carbonyl (C=O) groups is 1. The lowest BCUT2D eigenvalue weighted by molar-refractivity contribution is -0.130. The highest BCUT2D eigenvalue weighted by Crippen LogP contribution is 2.32. The summed E-state index contributed by atoms with van der Waals surface area (Å²) in [5.74, 6) is 0.966. The van der Waals surface area contributed by atoms with Gasteiger partial charge >= 0.3 is 0 Å². The van der Waals surface area contributed by atoms with Gasteiger partial charge in [-0.15, -0.1) is 0 Å². The Morgan fingerprint density at radius 3 is 2.69 bits per heavy atom. The van der Waals surface area contributed by atoms with Crippen LogP contribution in [0.15, 0.2) is 0 Å². The maximum atomic E-state index is 11.5. The molecule has 0 aromatic rings. The lowest BCUT2D eigenvalue weighted by Gasteiger charge is -2.18. The number of hydrogen-bond donors (Lipinski definition) is 1. The molecule has 3 heteroatoms. The summed E-state index contributed by atoms with van der Waals surface area (Å²) in [4.78, 5) is 13.3. The highest BCUT2D eigenvalue weighted by atomic mass is 16.2. The largest absolute Gasteiger partial charge is 0.346 e. The zero-order chi connectivity index (χ0) is 9.84. The summed E-state index contributed by atoms with van der Waals surface area (Å²) in [7, 11) is 1.87. The molecule has 0 saturated heterocycles. The monoisotopic (exact) mass is 184 g/mol. The predicted octanol–water partition coefficient (Wildman–Crippen LogP) is 0.982. The first-order valence-electron chi connectivity index (χ1n) is 5.09. The van der Waals surface area contributed by atoms with E-state index in [9.17, 15) is 4.79 Å². The average molecular weight is 184 g/mol. The second kappa shape index (κ2) is 4.61. The molecule has 3 nitrogen and oxygen atoms in total. The van der Waals surface area contributed by atoms with Crippen molar-refractivity contribution in [2.24, 2.45) is 11.7 Å². The molecule has 1 aliphatic carbocycles. The third kappa shape index (κ3) is 4.27. The predicted molar refractivity (Wildman–Crippen MR) is 53.2 cm³/mol. The van der Waals surface area contributed by atoms with Crippen molar-refractivity contribution >= 4 is 5.91 Å². The second-order valence-electron chi connectivity index (χ2n) is 4.23. The zero-order valence-corrected chi connectivity index (χ0v) is 8.62. The minimum atomic E-state index is 0.191. The fourth-order valence-electron chi connectivity index (χ4n) is 1.25. The molecular formula is C10H20N2O. The van der Waals surface area contributed by atoms with Gasteiger partial charge in [0.15, 0.2) is 0 Å². The van der Waals surface area contributed by atoms with E-state index in [4.69, 9.17) is 5.73 Å². The van der Waals surface area contributed by atoms with Crippen LogP contribution in [-0.4, -0.2) is 30.4 Å². The van der Waals surface area contributed by atoms with Gasteiger partial charge in [0.25, 0.3) is 0 Å². The average Bonchev–Trinajstić information content (AvgIpc) is 2.83. The molecular weight excluding hydrogens is 164 g/mol. The summed E-state index contributed by atoms with van der Waals surface area (Å²) in [5.41, 5.74) is 5.62. The van der Waals surface area contributed by atoms with Crippen LogP contribution in [0.2, 0.25) is 0 Å². The molecule has 1 atom stereocenters. The van der Waals surface area contributed by atoms with E-state index in [-0.39, 0.29) is 11.9 Å². The lowest BCUT2D eigenvalue weighted by Crippen LogP contribution is -2.31. The van der Waals surface area contributed by atoms with E-state index in [2.05, 4.69) is 0 Å². The topological polar surface area (TPSA) is 46.3 Å². The smallest absolute Gasteiger partial charge is 0.222 e. The molecule has 2 N–H and O–H groups in total. The van der Waals surface area contributed by atoms with E-state index in [0.29, 0.717) is 5.92 Å². The van der Waals surface area contributed by atoms with Crippen LogP contribution in [-0.2, 0) is 4.79 Å². The van der Waals surface area contributed by atoms with E-state index in [0.717, 1.165) is 19.4 Å². The van der Waals surface area contributed by atoms with Crippen LogP contribution in [0.25, 0.3) is 0 Å². The molecule has 13 heavy (non-hydrogen) atoms. The number of rotatable bonds is 5. The molecule has 1 saturated carbocycles. The third-order valence-corrected chi connectivity index (χ3v) is 2.51. The molecule has 76 valence electrons. The maximum absolute atomic E-state index is 11.5. The van der Waals surface area contributed by atoms with Crippen LogP contribution >= 0.6 is 0 Å². The Hall–Kier alpha value is -0.570. The molecule has 1 rings (SSSR count). The van der Waals surface area contributed by atoms with E-state index in [1.165, 1.54) is 12.8 Å². The van der Waals surface area contributed by atoms with Crippen LogP contribution in [0.3, 0.4) is 0 Å². The molecule has 0 spiro atoms. The molecule has 1 amide bonds. The first-order valence-corrected chi connectivity index (χ1v) is 5.09. The van der Waals surface area contributed by atoms with Crippen molar-refractivity contribution in [3.63, 3.8) is 0 Å². The first kappa shape index (κ1) is 10.5. The van der Waals surface area contributed by atoms with Crippen molar-refractivity contribution in [3.8, 4) is 0 Å². The van der Waals surface area contributed by atoms with Crippen molar-refractivity contribution in [3.05, 3.63) is 0 Å². The summed E-state index contributed by atoms with van der Waals surface area (Å²) in [6.07, 6.45) is 4.13. The molecule has 0 aromatic carbocycles. The second-order valence-corrected chi connectivity index (χ2v) is 4.23. The Morgan fingerprint density at radius 1 is 1.62 bits per heavy atom. The SMILES string of the molecule is CC(N)CCN(C)C(=O)CC1CC1. The summed E-state index contributed by atoms with van der Waals surface area (Å²) in [5, 5.41) is 0. The van der Waals surface area contributed by atoms with Gasteiger partial charge in [0.1, 0.15) is 0 Å². The van der Waals surface area contributed by atoms with Gasteiger partial charge in [-0.2, -0.15) is 0 Å². The normalized spacial score (nSPS) is 18.4. The maximum Gasteiger partial charge on any atom is 0.222 e. The lowest BCUT2D eigenvalue weighted by atomic mass is 10.2. The van der Waals surface area contributed by atoms with Crippen LogP contribution in [0, 0.1) is 5.92 Å². The number of nitrogens with zero attached hydrogens (tertiary/aromatic N) is 1. The minimum absolute atomic E-state index is 0.191. The van der Waals surface area contributed by atoms with Crippen LogP contribution < -0.4 is 5.73 Å². The van der Waals surface area contributed by atoms with Crippen molar-refractivity contribution in [1.29, 1.82) is 0 Å². The fraction of sp³-hybridized carbons (Fsp3) is 0.900. The van der Waals surface area contributed by atoms with Crippen LogP contribution in [0.5, 0.6) is 0 Å². The highest BCUT2D eigenvalue weighted by Gasteiger charge is 2.25. The molecule has 0 aromatic heterocycles. The van der Waals surface area contributed by atoms with Crippen molar-refractivity contribution in [1.82, 2.24) is 4.90 Å². The van der Waals surface area contributed by atoms with Crippen LogP contribution in [0.1, 0.15) is 32.6 Å². The Bertz CT molecular complexity index is 176. The highest BCUT2D eigenvalue weighted by molar-refractivity contribution is 5.76. The summed E-state index contributed by atoms with van der Waals surface area (Å²) in [6.45, 7) is 2.77. The first-order chi connectivity index (χ1) is 6.09. The van der Waals surface area contributed by atoms with Crippen LogP contribution in [0.4, 0.5) is 0 Å². The number of nitrogens with two attached hydrogens (primary N) is 1. The molecule has 1 unspecified atom stereocenters. The number of hydrogen-bond acceptors (Lipinski definition) is 2. The van der Waals surface area contributed by atoms with Crippen molar-refractivity contribution in [2.45, 2.75) is 38.6 Å². The van der Waals surface area contributed by atoms with E-state index < -0.39 is 0 Å². The Balaban J connectivity index is 2.12. The molecule has 1 fully saturated rings. The van der Waals surface area contributed by atoms with Gasteiger partial charge in [-0.1, -0.05) is 0 Å². The van der Waals surface area contributed by atoms with E-state index in [1.54, 1.807) is 0 Å². The Labute approximate surface area is 80.3 Å². The molecule has 0 aliphatic heterocycles. The summed E-state index contributed by atoms with van der Waals surface area (Å²) in [6, 6.07) is 0.191. The van der Waals surface area contributed by atoms with Crippen molar-refractivity contribution in [2.75, 3.05) is 13.6 Å². The van der Waals surface area contributed by atoms with Gasteiger partial charge in [0.2, 0.25) is 5.91 Å². The Kier molecular flexibility index (Phi) is 3.72. The van der Waals surface area contributed by atoms with Gasteiger partial charge in [-0.3, -0.25) is 4.79 Å². The molecule has 0 radical (unpaired) electrons. The van der Waals surface area contributed by atoms with E-state index >= 15 is 0 Å². The van der Waals surface area contributed by atoms with E-state index in [1.807, 2.05) is 18.9 Å². The summed E-state index contributed by atoms with van der Waals surface area (Å²) < 4.78 is 0. The minimum Gasteiger partial charge on any atom is -0.346 e.